The molecule has 0 aromatic rings. The highest BCUT2D eigenvalue weighted by Crippen LogP contribution is 2.71. The Hall–Kier alpha value is -3.61. The van der Waals surface area contributed by atoms with Crippen molar-refractivity contribution in [2.24, 2.45) is 28.6 Å². The lowest BCUT2D eigenvalue weighted by atomic mass is 9.44. The average Bonchev–Trinajstić information content (AvgIpc) is 3.17. The average molecular weight is 664 g/mol. The van der Waals surface area contributed by atoms with Crippen molar-refractivity contribution in [1.82, 2.24) is 4.90 Å². The molecule has 0 radical (unpaired) electrons. The minimum Gasteiger partial charge on any atom is -0.480 e. The van der Waals surface area contributed by atoms with Crippen LogP contribution < -0.4 is 0 Å². The van der Waals surface area contributed by atoms with Gasteiger partial charge < -0.3 is 24.4 Å². The molecule has 47 heavy (non-hydrogen) atoms. The molecule has 4 aliphatic rings. The van der Waals surface area contributed by atoms with Crippen LogP contribution >= 0.6 is 0 Å². The maximum absolute atomic E-state index is 17.6. The summed E-state index contributed by atoms with van der Waals surface area (Å²) in [6, 6.07) is 0. The third-order valence-corrected chi connectivity index (χ3v) is 10.8. The SMILES string of the molecule is CCC(=O)O[C@]1(C(=O)COC(=O)CN(CC(=O)O)C(=O)OC(C)(C)C)[C@@H](C)CC2[C@@H]3CCC4=CC(=O)C=C[C@]4(C)[C@@]3(F)[C@@H](O)C[C@@]21C. The van der Waals surface area contributed by atoms with Crippen LogP contribution in [-0.2, 0) is 38.2 Å². The molecule has 0 spiro atoms. The fourth-order valence-corrected chi connectivity index (χ4v) is 8.78. The molecule has 4 aliphatic carbocycles. The molecule has 0 saturated heterocycles. The van der Waals surface area contributed by atoms with Gasteiger partial charge in [0.1, 0.15) is 18.7 Å². The minimum absolute atomic E-state index is 0.0770. The highest BCUT2D eigenvalue weighted by atomic mass is 19.1. The molecule has 2 N–H and O–H groups in total. The van der Waals surface area contributed by atoms with E-state index in [1.165, 1.54) is 18.2 Å². The van der Waals surface area contributed by atoms with Gasteiger partial charge in [0.15, 0.2) is 23.7 Å². The van der Waals surface area contributed by atoms with Gasteiger partial charge in [-0.3, -0.25) is 28.9 Å². The molecule has 3 saturated carbocycles. The number of ketones is 2. The van der Waals surface area contributed by atoms with Crippen molar-refractivity contribution in [3.63, 3.8) is 0 Å². The predicted molar refractivity (Wildman–Crippen MR) is 163 cm³/mol. The molecule has 8 atom stereocenters. The molecule has 1 amide bonds. The maximum atomic E-state index is 17.6. The van der Waals surface area contributed by atoms with Crippen LogP contribution in [0, 0.1) is 28.6 Å². The fourth-order valence-electron chi connectivity index (χ4n) is 8.78. The molecule has 1 unspecified atom stereocenters. The van der Waals surface area contributed by atoms with Crippen molar-refractivity contribution in [2.45, 2.75) is 104 Å². The van der Waals surface area contributed by atoms with E-state index in [4.69, 9.17) is 14.2 Å². The van der Waals surface area contributed by atoms with Gasteiger partial charge in [-0.25, -0.2) is 9.18 Å². The third-order valence-electron chi connectivity index (χ3n) is 10.8. The van der Waals surface area contributed by atoms with Crippen LogP contribution in [0.3, 0.4) is 0 Å². The first-order valence-corrected chi connectivity index (χ1v) is 16.1. The Kier molecular flexibility index (Phi) is 9.59. The second kappa shape index (κ2) is 12.4. The summed E-state index contributed by atoms with van der Waals surface area (Å²) in [4.78, 5) is 76.8. The van der Waals surface area contributed by atoms with Crippen LogP contribution in [0.1, 0.15) is 80.6 Å². The number of hydrogen-bond donors (Lipinski definition) is 2. The van der Waals surface area contributed by atoms with Crippen LogP contribution in [0.5, 0.6) is 0 Å². The first-order chi connectivity index (χ1) is 21.7. The number of halogens is 1. The number of hydrogen-bond acceptors (Lipinski definition) is 10. The van der Waals surface area contributed by atoms with Gasteiger partial charge in [-0.15, -0.1) is 0 Å². The summed E-state index contributed by atoms with van der Waals surface area (Å²) in [5.74, 6) is -6.15. The molecule has 0 aromatic carbocycles. The number of esters is 2. The molecular formula is C34H46FNO11. The van der Waals surface area contributed by atoms with Crippen LogP contribution in [-0.4, -0.2) is 93.4 Å². The number of ether oxygens (including phenoxy) is 3. The van der Waals surface area contributed by atoms with E-state index in [-0.39, 0.29) is 25.0 Å². The highest BCUT2D eigenvalue weighted by Gasteiger charge is 2.77. The van der Waals surface area contributed by atoms with Crippen LogP contribution in [0.4, 0.5) is 9.18 Å². The van der Waals surface area contributed by atoms with Crippen LogP contribution in [0.2, 0.25) is 0 Å². The summed E-state index contributed by atoms with van der Waals surface area (Å²) >= 11 is 0. The summed E-state index contributed by atoms with van der Waals surface area (Å²) in [6.45, 7) is 8.79. The van der Waals surface area contributed by atoms with E-state index in [1.54, 1.807) is 48.5 Å². The molecule has 4 rings (SSSR count). The van der Waals surface area contributed by atoms with Crippen molar-refractivity contribution in [2.75, 3.05) is 19.7 Å². The van der Waals surface area contributed by atoms with Crippen molar-refractivity contribution in [1.29, 1.82) is 0 Å². The largest absolute Gasteiger partial charge is 0.480 e. The maximum Gasteiger partial charge on any atom is 0.411 e. The fraction of sp³-hybridized carbons (Fsp3) is 0.706. The van der Waals surface area contributed by atoms with Gasteiger partial charge in [-0.1, -0.05) is 32.4 Å². The number of carboxylic acids is 1. The number of fused-ring (bicyclic) bond motifs is 5. The summed E-state index contributed by atoms with van der Waals surface area (Å²) in [5.41, 5.74) is -6.96. The Morgan fingerprint density at radius 3 is 2.34 bits per heavy atom. The van der Waals surface area contributed by atoms with Gasteiger partial charge in [0.05, 0.1) is 6.10 Å². The van der Waals surface area contributed by atoms with Gasteiger partial charge in [-0.05, 0) is 71.4 Å². The third kappa shape index (κ3) is 6.00. The zero-order valence-corrected chi connectivity index (χ0v) is 28.1. The molecule has 0 bridgehead atoms. The van der Waals surface area contributed by atoms with Gasteiger partial charge in [0.25, 0.3) is 0 Å². The van der Waals surface area contributed by atoms with E-state index in [0.29, 0.717) is 23.3 Å². The number of aliphatic carboxylic acids is 1. The number of carboxylic acid groups (broad SMARTS) is 1. The Bertz CT molecular complexity index is 1420. The number of amides is 1. The Morgan fingerprint density at radius 1 is 1.09 bits per heavy atom. The number of Topliss-reactive ketones (excluding diaryl/α,β-unsaturated/α-hetero) is 1. The summed E-state index contributed by atoms with van der Waals surface area (Å²) in [7, 11) is 0. The van der Waals surface area contributed by atoms with Gasteiger partial charge >= 0.3 is 24.0 Å². The normalized spacial score (nSPS) is 35.9. The number of carbonyl (C=O) groups excluding carboxylic acids is 5. The van der Waals surface area contributed by atoms with Crippen molar-refractivity contribution < 1.29 is 57.6 Å². The number of alkyl halides is 1. The molecular weight excluding hydrogens is 617 g/mol. The molecule has 0 aromatic heterocycles. The second-order valence-corrected chi connectivity index (χ2v) is 14.8. The highest BCUT2D eigenvalue weighted by molar-refractivity contribution is 6.01. The number of carbonyl (C=O) groups is 6. The molecule has 3 fully saturated rings. The van der Waals surface area contributed by atoms with E-state index >= 15 is 4.39 Å². The van der Waals surface area contributed by atoms with Gasteiger partial charge in [0.2, 0.25) is 5.78 Å². The number of rotatable bonds is 9. The smallest absolute Gasteiger partial charge is 0.411 e. The quantitative estimate of drug-likeness (QED) is 0.272. The summed E-state index contributed by atoms with van der Waals surface area (Å²) in [6.07, 6.45) is 2.27. The van der Waals surface area contributed by atoms with Crippen LogP contribution in [0.25, 0.3) is 0 Å². The predicted octanol–water partition coefficient (Wildman–Crippen LogP) is 3.73. The van der Waals surface area contributed by atoms with Crippen molar-refractivity contribution in [3.8, 4) is 0 Å². The van der Waals surface area contributed by atoms with E-state index in [0.717, 1.165) is 0 Å². The van der Waals surface area contributed by atoms with Crippen LogP contribution in [0.15, 0.2) is 23.8 Å². The lowest BCUT2D eigenvalue weighted by Gasteiger charge is -2.62. The van der Waals surface area contributed by atoms with Gasteiger partial charge in [-0.2, -0.15) is 0 Å². The zero-order chi connectivity index (χ0) is 35.3. The Balaban J connectivity index is 1.64. The monoisotopic (exact) mass is 663 g/mol. The molecule has 0 heterocycles. The second-order valence-electron chi connectivity index (χ2n) is 14.8. The number of nitrogens with zero attached hydrogens (tertiary/aromatic N) is 1. The van der Waals surface area contributed by atoms with Crippen molar-refractivity contribution >= 4 is 35.6 Å². The first kappa shape index (κ1) is 36.2. The molecule has 0 aliphatic heterocycles. The van der Waals surface area contributed by atoms with Gasteiger partial charge in [0, 0.05) is 29.1 Å². The Morgan fingerprint density at radius 2 is 1.74 bits per heavy atom. The minimum atomic E-state index is -2.17. The summed E-state index contributed by atoms with van der Waals surface area (Å²) < 4.78 is 34.1. The summed E-state index contributed by atoms with van der Waals surface area (Å²) in [5, 5.41) is 21.0. The Labute approximate surface area is 273 Å². The number of aliphatic hydroxyl groups excluding tert-OH is 1. The van der Waals surface area contributed by atoms with E-state index in [9.17, 15) is 39.0 Å². The van der Waals surface area contributed by atoms with E-state index < -0.39 is 101 Å². The lowest BCUT2D eigenvalue weighted by molar-refractivity contribution is -0.228. The lowest BCUT2D eigenvalue weighted by Crippen LogP contribution is -2.70. The van der Waals surface area contributed by atoms with E-state index in [1.807, 2.05) is 0 Å². The standard InChI is InChI=1S/C34H46FNO11/c1-8-27(42)46-34(25(39)18-45-28(43)17-36(16-26(40)41)29(44)47-30(3,4)5)19(2)13-23-22-10-9-20-14-21(37)11-12-31(20,6)33(22,35)24(38)15-32(23,34)7/h11-12,14,19,22-24,38H,8-10,13,15-18H2,1-7H3,(H,40,41)/t19-,22-,23?,24-,31-,32-,33-,34-/m0/s1. The topological polar surface area (TPSA) is 174 Å². The zero-order valence-electron chi connectivity index (χ0n) is 28.1. The molecule has 260 valence electrons. The van der Waals surface area contributed by atoms with Crippen molar-refractivity contribution in [3.05, 3.63) is 23.8 Å². The number of aliphatic hydroxyl groups is 1. The number of allylic oxidation sites excluding steroid dienone is 4. The molecule has 13 heteroatoms. The molecule has 12 nitrogen and oxygen atoms in total. The van der Waals surface area contributed by atoms with E-state index in [2.05, 4.69) is 0 Å². The first-order valence-electron chi connectivity index (χ1n) is 16.1.